The fourth-order valence-electron chi connectivity index (χ4n) is 2.66. The van der Waals surface area contributed by atoms with Gasteiger partial charge in [-0.15, -0.1) is 0 Å². The quantitative estimate of drug-likeness (QED) is 0.886. The number of para-hydroxylation sites is 1. The van der Waals surface area contributed by atoms with Crippen LogP contribution in [0.1, 0.15) is 31.7 Å². The Morgan fingerprint density at radius 1 is 1.37 bits per heavy atom. The van der Waals surface area contributed by atoms with Gasteiger partial charge >= 0.3 is 0 Å². The highest BCUT2D eigenvalue weighted by Gasteiger charge is 2.21. The number of hydrogen-bond acceptors (Lipinski definition) is 3. The number of ether oxygens (including phenoxy) is 1. The van der Waals surface area contributed by atoms with Gasteiger partial charge in [0.15, 0.2) is 0 Å². The zero-order chi connectivity index (χ0) is 13.7. The zero-order valence-electron chi connectivity index (χ0n) is 12.0. The number of likely N-dealkylation sites (tertiary alicyclic amines) is 1. The van der Waals surface area contributed by atoms with Crippen molar-refractivity contribution in [2.45, 2.75) is 45.3 Å². The molecule has 0 aromatic heterocycles. The summed E-state index contributed by atoms with van der Waals surface area (Å²) in [6.45, 7) is 6.45. The number of nitrogens with zero attached hydrogens (tertiary/aromatic N) is 1. The van der Waals surface area contributed by atoms with Crippen molar-refractivity contribution in [3.05, 3.63) is 29.8 Å². The smallest absolute Gasteiger partial charge is 0.122 e. The molecule has 106 valence electrons. The molecular formula is C16H25NO2. The van der Waals surface area contributed by atoms with E-state index in [1.807, 2.05) is 31.2 Å². The van der Waals surface area contributed by atoms with Crippen molar-refractivity contribution in [3.8, 4) is 5.75 Å². The standard InChI is InChI=1S/C16H25NO2/c1-13-7-3-4-9-16(13)19-12-15(18)11-17-10-6-5-8-14(17)2/h3-4,7,9,14-15,18H,5-6,8,10-12H2,1-2H3. The van der Waals surface area contributed by atoms with E-state index in [4.69, 9.17) is 4.74 Å². The van der Waals surface area contributed by atoms with Gasteiger partial charge in [-0.2, -0.15) is 0 Å². The minimum absolute atomic E-state index is 0.369. The van der Waals surface area contributed by atoms with E-state index in [-0.39, 0.29) is 0 Å². The normalized spacial score (nSPS) is 22.2. The maximum atomic E-state index is 10.1. The second kappa shape index (κ2) is 6.92. The van der Waals surface area contributed by atoms with E-state index in [0.717, 1.165) is 17.9 Å². The molecule has 3 heteroatoms. The van der Waals surface area contributed by atoms with Gasteiger partial charge in [0.25, 0.3) is 0 Å². The highest BCUT2D eigenvalue weighted by atomic mass is 16.5. The first-order chi connectivity index (χ1) is 9.16. The number of aliphatic hydroxyl groups excluding tert-OH is 1. The van der Waals surface area contributed by atoms with Crippen LogP contribution in [0.5, 0.6) is 5.75 Å². The average molecular weight is 263 g/mol. The van der Waals surface area contributed by atoms with Crippen LogP contribution in [-0.4, -0.2) is 41.8 Å². The SMILES string of the molecule is Cc1ccccc1OCC(O)CN1CCCCC1C. The third-order valence-electron chi connectivity index (χ3n) is 3.91. The molecule has 1 aliphatic heterocycles. The Morgan fingerprint density at radius 2 is 2.16 bits per heavy atom. The second-order valence-corrected chi connectivity index (χ2v) is 5.57. The van der Waals surface area contributed by atoms with E-state index < -0.39 is 6.10 Å². The maximum absolute atomic E-state index is 10.1. The Bertz CT molecular complexity index is 394. The molecule has 0 bridgehead atoms. The largest absolute Gasteiger partial charge is 0.491 e. The van der Waals surface area contributed by atoms with Crippen molar-refractivity contribution < 1.29 is 9.84 Å². The summed E-state index contributed by atoms with van der Waals surface area (Å²) in [5, 5.41) is 10.1. The van der Waals surface area contributed by atoms with E-state index in [9.17, 15) is 5.11 Å². The van der Waals surface area contributed by atoms with Gasteiger partial charge < -0.3 is 9.84 Å². The van der Waals surface area contributed by atoms with Crippen LogP contribution in [0.15, 0.2) is 24.3 Å². The molecule has 1 aromatic rings. The van der Waals surface area contributed by atoms with Gasteiger partial charge in [0.1, 0.15) is 18.5 Å². The van der Waals surface area contributed by atoms with Crippen LogP contribution in [0, 0.1) is 6.92 Å². The number of aryl methyl sites for hydroxylation is 1. The highest BCUT2D eigenvalue weighted by Crippen LogP contribution is 2.18. The van der Waals surface area contributed by atoms with Crippen molar-refractivity contribution >= 4 is 0 Å². The molecule has 1 aliphatic rings. The van der Waals surface area contributed by atoms with Gasteiger partial charge in [-0.1, -0.05) is 24.6 Å². The van der Waals surface area contributed by atoms with Crippen molar-refractivity contribution in [2.24, 2.45) is 0 Å². The van der Waals surface area contributed by atoms with Crippen LogP contribution in [0.4, 0.5) is 0 Å². The Hall–Kier alpha value is -1.06. The lowest BCUT2D eigenvalue weighted by Crippen LogP contribution is -2.43. The summed E-state index contributed by atoms with van der Waals surface area (Å²) in [4.78, 5) is 2.37. The molecular weight excluding hydrogens is 238 g/mol. The van der Waals surface area contributed by atoms with Crippen LogP contribution in [0.3, 0.4) is 0 Å². The van der Waals surface area contributed by atoms with Crippen LogP contribution in [0.25, 0.3) is 0 Å². The summed E-state index contributed by atoms with van der Waals surface area (Å²) in [5.41, 5.74) is 1.11. The number of hydrogen-bond donors (Lipinski definition) is 1. The van der Waals surface area contributed by atoms with E-state index in [1.165, 1.54) is 19.3 Å². The van der Waals surface area contributed by atoms with E-state index >= 15 is 0 Å². The molecule has 19 heavy (non-hydrogen) atoms. The van der Waals surface area contributed by atoms with Crippen LogP contribution in [0.2, 0.25) is 0 Å². The fourth-order valence-corrected chi connectivity index (χ4v) is 2.66. The van der Waals surface area contributed by atoms with Crippen LogP contribution < -0.4 is 4.74 Å². The first-order valence-electron chi connectivity index (χ1n) is 7.27. The number of aliphatic hydroxyl groups is 1. The summed E-state index contributed by atoms with van der Waals surface area (Å²) >= 11 is 0. The van der Waals surface area contributed by atoms with Crippen LogP contribution >= 0.6 is 0 Å². The summed E-state index contributed by atoms with van der Waals surface area (Å²) in [7, 11) is 0. The molecule has 2 atom stereocenters. The first-order valence-corrected chi connectivity index (χ1v) is 7.27. The van der Waals surface area contributed by atoms with Crippen LogP contribution in [-0.2, 0) is 0 Å². The molecule has 1 heterocycles. The number of rotatable bonds is 5. The second-order valence-electron chi connectivity index (χ2n) is 5.57. The molecule has 1 fully saturated rings. The van der Waals surface area contributed by atoms with Crippen molar-refractivity contribution in [2.75, 3.05) is 19.7 Å². The fraction of sp³-hybridized carbons (Fsp3) is 0.625. The third-order valence-corrected chi connectivity index (χ3v) is 3.91. The van der Waals surface area contributed by atoms with E-state index in [2.05, 4.69) is 11.8 Å². The van der Waals surface area contributed by atoms with E-state index in [1.54, 1.807) is 0 Å². The molecule has 0 aliphatic carbocycles. The number of benzene rings is 1. The number of piperidine rings is 1. The summed E-state index contributed by atoms with van der Waals surface area (Å²) in [6, 6.07) is 8.51. The van der Waals surface area contributed by atoms with Gasteiger partial charge in [0.2, 0.25) is 0 Å². The van der Waals surface area contributed by atoms with Gasteiger partial charge in [-0.3, -0.25) is 4.90 Å². The molecule has 1 N–H and O–H groups in total. The first kappa shape index (κ1) is 14.4. The third kappa shape index (κ3) is 4.22. The monoisotopic (exact) mass is 263 g/mol. The highest BCUT2D eigenvalue weighted by molar-refractivity contribution is 5.31. The summed E-state index contributed by atoms with van der Waals surface area (Å²) in [5.74, 6) is 0.869. The maximum Gasteiger partial charge on any atom is 0.122 e. The molecule has 2 rings (SSSR count). The van der Waals surface area contributed by atoms with Crippen molar-refractivity contribution in [1.82, 2.24) is 4.90 Å². The van der Waals surface area contributed by atoms with Gasteiger partial charge in [-0.25, -0.2) is 0 Å². The molecule has 2 unspecified atom stereocenters. The topological polar surface area (TPSA) is 32.7 Å². The predicted octanol–water partition coefficient (Wildman–Crippen LogP) is 2.61. The molecule has 1 saturated heterocycles. The predicted molar refractivity (Wildman–Crippen MR) is 77.6 cm³/mol. The average Bonchev–Trinajstić information content (AvgIpc) is 2.40. The Morgan fingerprint density at radius 3 is 2.89 bits per heavy atom. The molecule has 3 nitrogen and oxygen atoms in total. The van der Waals surface area contributed by atoms with Crippen molar-refractivity contribution in [3.63, 3.8) is 0 Å². The molecule has 0 saturated carbocycles. The zero-order valence-corrected chi connectivity index (χ0v) is 12.0. The minimum atomic E-state index is -0.417. The van der Waals surface area contributed by atoms with Gasteiger partial charge in [0.05, 0.1) is 0 Å². The van der Waals surface area contributed by atoms with Gasteiger partial charge in [0, 0.05) is 12.6 Å². The summed E-state index contributed by atoms with van der Waals surface area (Å²) < 4.78 is 5.70. The van der Waals surface area contributed by atoms with E-state index in [0.29, 0.717) is 19.2 Å². The molecule has 0 amide bonds. The van der Waals surface area contributed by atoms with Crippen molar-refractivity contribution in [1.29, 1.82) is 0 Å². The molecule has 0 spiro atoms. The minimum Gasteiger partial charge on any atom is -0.491 e. The molecule has 1 aromatic carbocycles. The van der Waals surface area contributed by atoms with Gasteiger partial charge in [-0.05, 0) is 44.9 Å². The Balaban J connectivity index is 1.78. The lowest BCUT2D eigenvalue weighted by Gasteiger charge is -2.34. The Labute approximate surface area is 116 Å². The Kier molecular flexibility index (Phi) is 5.23. The lowest BCUT2D eigenvalue weighted by molar-refractivity contribution is 0.0436. The molecule has 0 radical (unpaired) electrons. The lowest BCUT2D eigenvalue weighted by atomic mass is 10.0. The number of β-amino-alcohol motifs (C(OH)–C–C–N with tert-alkyl or cyclic N) is 1. The summed E-state index contributed by atoms with van der Waals surface area (Å²) in [6.07, 6.45) is 3.38.